The Bertz CT molecular complexity index is 384. The third kappa shape index (κ3) is 2.80. The highest BCUT2D eigenvalue weighted by atomic mass is 79.9. The van der Waals surface area contributed by atoms with Crippen LogP contribution in [-0.4, -0.2) is 42.1 Å². The number of aryl methyl sites for hydroxylation is 1. The van der Waals surface area contributed by atoms with Crippen LogP contribution in [0.5, 0.6) is 0 Å². The minimum Gasteiger partial charge on any atom is -0.353 e. The van der Waals surface area contributed by atoms with E-state index in [-0.39, 0.29) is 0 Å². The van der Waals surface area contributed by atoms with E-state index in [1.165, 1.54) is 5.56 Å². The first kappa shape index (κ1) is 12.8. The van der Waals surface area contributed by atoms with E-state index in [1.807, 2.05) is 12.3 Å². The summed E-state index contributed by atoms with van der Waals surface area (Å²) in [6.45, 7) is 11.0. The highest BCUT2D eigenvalue weighted by Crippen LogP contribution is 2.27. The van der Waals surface area contributed by atoms with Crippen LogP contribution in [0.15, 0.2) is 16.7 Å². The Morgan fingerprint density at radius 1 is 1.24 bits per heavy atom. The molecular formula is C13H20BrN3. The van der Waals surface area contributed by atoms with Gasteiger partial charge in [-0.25, -0.2) is 4.98 Å². The van der Waals surface area contributed by atoms with Gasteiger partial charge in [0.1, 0.15) is 5.82 Å². The van der Waals surface area contributed by atoms with Crippen LogP contribution in [0.25, 0.3) is 0 Å². The quantitative estimate of drug-likeness (QED) is 0.837. The Morgan fingerprint density at radius 3 is 2.47 bits per heavy atom. The maximum absolute atomic E-state index is 4.49. The molecule has 0 bridgehead atoms. The fourth-order valence-corrected chi connectivity index (χ4v) is 2.68. The molecule has 0 atom stereocenters. The lowest BCUT2D eigenvalue weighted by atomic mass is 10.2. The standard InChI is InChI=1S/C13H20BrN3/c1-10(2)16-6-8-17(9-7-16)13-12(14)11(3)4-5-15-13/h4-5,10H,6-9H2,1-3H3. The Morgan fingerprint density at radius 2 is 1.88 bits per heavy atom. The van der Waals surface area contributed by atoms with Crippen LogP contribution in [0.2, 0.25) is 0 Å². The second kappa shape index (κ2) is 5.36. The SMILES string of the molecule is Cc1ccnc(N2CCN(C(C)C)CC2)c1Br. The monoisotopic (exact) mass is 297 g/mol. The molecule has 0 unspecified atom stereocenters. The molecule has 0 spiro atoms. The van der Waals surface area contributed by atoms with E-state index in [9.17, 15) is 0 Å². The zero-order chi connectivity index (χ0) is 12.4. The van der Waals surface area contributed by atoms with Crippen molar-refractivity contribution in [1.82, 2.24) is 9.88 Å². The molecule has 0 amide bonds. The van der Waals surface area contributed by atoms with Crippen molar-refractivity contribution in [2.24, 2.45) is 0 Å². The number of halogens is 1. The third-order valence-electron chi connectivity index (χ3n) is 3.41. The molecule has 2 heterocycles. The molecule has 1 aliphatic heterocycles. The molecule has 17 heavy (non-hydrogen) atoms. The fraction of sp³-hybridized carbons (Fsp3) is 0.615. The molecule has 1 saturated heterocycles. The topological polar surface area (TPSA) is 19.4 Å². The number of anilines is 1. The van der Waals surface area contributed by atoms with Crippen molar-refractivity contribution in [3.8, 4) is 0 Å². The summed E-state index contributed by atoms with van der Waals surface area (Å²) >= 11 is 3.64. The summed E-state index contributed by atoms with van der Waals surface area (Å²) in [5.41, 5.74) is 1.25. The molecule has 1 aliphatic rings. The summed E-state index contributed by atoms with van der Waals surface area (Å²) < 4.78 is 1.14. The molecular weight excluding hydrogens is 278 g/mol. The number of nitrogens with zero attached hydrogens (tertiary/aromatic N) is 3. The van der Waals surface area contributed by atoms with E-state index in [0.717, 1.165) is 36.5 Å². The number of aromatic nitrogens is 1. The number of rotatable bonds is 2. The minimum absolute atomic E-state index is 0.644. The second-order valence-electron chi connectivity index (χ2n) is 4.88. The lowest BCUT2D eigenvalue weighted by Crippen LogP contribution is -2.49. The highest BCUT2D eigenvalue weighted by molar-refractivity contribution is 9.10. The first-order valence-electron chi connectivity index (χ1n) is 6.19. The summed E-state index contributed by atoms with van der Waals surface area (Å²) in [5, 5.41) is 0. The van der Waals surface area contributed by atoms with Crippen LogP contribution in [0.1, 0.15) is 19.4 Å². The van der Waals surface area contributed by atoms with Gasteiger partial charge in [-0.1, -0.05) is 0 Å². The lowest BCUT2D eigenvalue weighted by molar-refractivity contribution is 0.209. The van der Waals surface area contributed by atoms with Gasteiger partial charge in [-0.2, -0.15) is 0 Å². The lowest BCUT2D eigenvalue weighted by Gasteiger charge is -2.37. The van der Waals surface area contributed by atoms with Crippen molar-refractivity contribution >= 4 is 21.7 Å². The van der Waals surface area contributed by atoms with Crippen molar-refractivity contribution in [2.45, 2.75) is 26.8 Å². The summed E-state index contributed by atoms with van der Waals surface area (Å²) in [4.78, 5) is 9.38. The van der Waals surface area contributed by atoms with Crippen LogP contribution in [0.4, 0.5) is 5.82 Å². The van der Waals surface area contributed by atoms with Crippen LogP contribution in [0.3, 0.4) is 0 Å². The summed E-state index contributed by atoms with van der Waals surface area (Å²) in [6.07, 6.45) is 1.89. The van der Waals surface area contributed by atoms with Crippen molar-refractivity contribution in [1.29, 1.82) is 0 Å². The van der Waals surface area contributed by atoms with Gasteiger partial charge in [-0.3, -0.25) is 4.90 Å². The predicted octanol–water partition coefficient (Wildman–Crippen LogP) is 2.68. The maximum atomic E-state index is 4.49. The average molecular weight is 298 g/mol. The van der Waals surface area contributed by atoms with E-state index >= 15 is 0 Å². The van der Waals surface area contributed by atoms with E-state index < -0.39 is 0 Å². The first-order chi connectivity index (χ1) is 8.09. The number of pyridine rings is 1. The third-order valence-corrected chi connectivity index (χ3v) is 4.39. The van der Waals surface area contributed by atoms with Gasteiger partial charge in [-0.15, -0.1) is 0 Å². The van der Waals surface area contributed by atoms with Gasteiger partial charge in [0.25, 0.3) is 0 Å². The number of hydrogen-bond donors (Lipinski definition) is 0. The van der Waals surface area contributed by atoms with Gasteiger partial charge in [0.2, 0.25) is 0 Å². The largest absolute Gasteiger partial charge is 0.353 e. The number of hydrogen-bond acceptors (Lipinski definition) is 3. The zero-order valence-corrected chi connectivity index (χ0v) is 12.4. The van der Waals surface area contributed by atoms with Gasteiger partial charge in [0.15, 0.2) is 0 Å². The Hall–Kier alpha value is -0.610. The van der Waals surface area contributed by atoms with Gasteiger partial charge in [-0.05, 0) is 48.3 Å². The zero-order valence-electron chi connectivity index (χ0n) is 10.8. The molecule has 2 rings (SSSR count). The van der Waals surface area contributed by atoms with Gasteiger partial charge in [0, 0.05) is 38.4 Å². The fourth-order valence-electron chi connectivity index (χ4n) is 2.20. The molecule has 4 heteroatoms. The van der Waals surface area contributed by atoms with Gasteiger partial charge < -0.3 is 4.90 Å². The van der Waals surface area contributed by atoms with Crippen LogP contribution in [-0.2, 0) is 0 Å². The first-order valence-corrected chi connectivity index (χ1v) is 6.99. The molecule has 1 fully saturated rings. The highest BCUT2D eigenvalue weighted by Gasteiger charge is 2.21. The average Bonchev–Trinajstić information content (AvgIpc) is 2.33. The van der Waals surface area contributed by atoms with Crippen LogP contribution >= 0.6 is 15.9 Å². The molecule has 1 aromatic rings. The van der Waals surface area contributed by atoms with Crippen LogP contribution < -0.4 is 4.90 Å². The normalized spacial score (nSPS) is 17.8. The molecule has 1 aromatic heterocycles. The van der Waals surface area contributed by atoms with Crippen molar-refractivity contribution < 1.29 is 0 Å². The minimum atomic E-state index is 0.644. The maximum Gasteiger partial charge on any atom is 0.143 e. The van der Waals surface area contributed by atoms with E-state index in [0.29, 0.717) is 6.04 Å². The Balaban J connectivity index is 2.08. The summed E-state index contributed by atoms with van der Waals surface area (Å²) in [5.74, 6) is 1.09. The molecule has 0 radical (unpaired) electrons. The number of piperazine rings is 1. The molecule has 0 aromatic carbocycles. The van der Waals surface area contributed by atoms with Crippen molar-refractivity contribution in [3.63, 3.8) is 0 Å². The van der Waals surface area contributed by atoms with Gasteiger partial charge in [0.05, 0.1) is 4.47 Å². The molecule has 0 N–H and O–H groups in total. The second-order valence-corrected chi connectivity index (χ2v) is 5.68. The van der Waals surface area contributed by atoms with Crippen LogP contribution in [0, 0.1) is 6.92 Å². The van der Waals surface area contributed by atoms with Crippen molar-refractivity contribution in [3.05, 3.63) is 22.3 Å². The molecule has 0 saturated carbocycles. The van der Waals surface area contributed by atoms with E-state index in [1.54, 1.807) is 0 Å². The summed E-state index contributed by atoms with van der Waals surface area (Å²) in [7, 11) is 0. The Kier molecular flexibility index (Phi) is 4.05. The smallest absolute Gasteiger partial charge is 0.143 e. The Labute approximate surface area is 112 Å². The molecule has 94 valence electrons. The summed E-state index contributed by atoms with van der Waals surface area (Å²) in [6, 6.07) is 2.68. The van der Waals surface area contributed by atoms with Crippen molar-refractivity contribution in [2.75, 3.05) is 31.1 Å². The van der Waals surface area contributed by atoms with E-state index in [4.69, 9.17) is 0 Å². The van der Waals surface area contributed by atoms with Gasteiger partial charge >= 0.3 is 0 Å². The van der Waals surface area contributed by atoms with E-state index in [2.05, 4.69) is 51.5 Å². The molecule has 0 aliphatic carbocycles. The molecule has 3 nitrogen and oxygen atoms in total. The predicted molar refractivity (Wildman–Crippen MR) is 75.6 cm³/mol.